The smallest absolute Gasteiger partial charge is 0.0655 e. The summed E-state index contributed by atoms with van der Waals surface area (Å²) in [5.41, 5.74) is 0.305. The van der Waals surface area contributed by atoms with Gasteiger partial charge in [0.15, 0.2) is 0 Å². The third-order valence-corrected chi connectivity index (χ3v) is 5.16. The molecule has 0 aromatic rings. The molecule has 0 aromatic carbocycles. The molecule has 0 radical (unpaired) electrons. The Balaban J connectivity index is 1.84. The molecule has 2 aliphatic rings. The van der Waals surface area contributed by atoms with Gasteiger partial charge in [0.2, 0.25) is 0 Å². The highest BCUT2D eigenvalue weighted by Gasteiger charge is 2.49. The van der Waals surface area contributed by atoms with Crippen LogP contribution in [-0.4, -0.2) is 24.8 Å². The van der Waals surface area contributed by atoms with Crippen molar-refractivity contribution in [3.63, 3.8) is 0 Å². The van der Waals surface area contributed by atoms with Gasteiger partial charge in [-0.2, -0.15) is 0 Å². The van der Waals surface area contributed by atoms with Gasteiger partial charge >= 0.3 is 0 Å². The van der Waals surface area contributed by atoms with E-state index in [1.54, 1.807) is 0 Å². The molecule has 0 aliphatic heterocycles. The molecule has 2 aliphatic carbocycles. The minimum absolute atomic E-state index is 0.305. The molecule has 0 amide bonds. The quantitative estimate of drug-likeness (QED) is 0.826. The number of rotatable bonds is 4. The first-order chi connectivity index (χ1) is 8.43. The highest BCUT2D eigenvalue weighted by Crippen LogP contribution is 2.43. The number of nitrogens with one attached hydrogen (secondary N) is 1. The molecule has 0 spiro atoms. The molecule has 18 heavy (non-hydrogen) atoms. The molecule has 0 bridgehead atoms. The largest absolute Gasteiger partial charge is 0.378 e. The van der Waals surface area contributed by atoms with Crippen molar-refractivity contribution in [3.05, 3.63) is 0 Å². The zero-order valence-corrected chi connectivity index (χ0v) is 12.8. The number of hydrogen-bond donors (Lipinski definition) is 1. The molecule has 2 heteroatoms. The lowest BCUT2D eigenvalue weighted by molar-refractivity contribution is -0.118. The standard InChI is InChI=1S/C16H31NO/c1-6-18-15-10-14(16(15,4)5)17-13-8-11(2)7-12(3)9-13/h11-15,17H,6-10H2,1-5H3. The van der Waals surface area contributed by atoms with Crippen LogP contribution >= 0.6 is 0 Å². The van der Waals surface area contributed by atoms with Crippen LogP contribution in [-0.2, 0) is 4.74 Å². The van der Waals surface area contributed by atoms with E-state index < -0.39 is 0 Å². The van der Waals surface area contributed by atoms with Crippen molar-refractivity contribution in [3.8, 4) is 0 Å². The van der Waals surface area contributed by atoms with Gasteiger partial charge in [0.25, 0.3) is 0 Å². The van der Waals surface area contributed by atoms with E-state index in [1.165, 1.54) is 25.7 Å². The Bertz CT molecular complexity index is 266. The van der Waals surface area contributed by atoms with Crippen LogP contribution < -0.4 is 5.32 Å². The summed E-state index contributed by atoms with van der Waals surface area (Å²) >= 11 is 0. The second kappa shape index (κ2) is 5.50. The lowest BCUT2D eigenvalue weighted by Crippen LogP contribution is -2.63. The van der Waals surface area contributed by atoms with Crippen LogP contribution in [0.5, 0.6) is 0 Å². The summed E-state index contributed by atoms with van der Waals surface area (Å²) in [6, 6.07) is 1.38. The summed E-state index contributed by atoms with van der Waals surface area (Å²) < 4.78 is 5.81. The summed E-state index contributed by atoms with van der Waals surface area (Å²) in [7, 11) is 0. The summed E-state index contributed by atoms with van der Waals surface area (Å²) in [6.07, 6.45) is 5.78. The summed E-state index contributed by atoms with van der Waals surface area (Å²) in [5, 5.41) is 3.91. The average Bonchev–Trinajstić information content (AvgIpc) is 2.26. The van der Waals surface area contributed by atoms with Gasteiger partial charge in [-0.05, 0) is 44.4 Å². The van der Waals surface area contributed by atoms with E-state index in [4.69, 9.17) is 4.74 Å². The SMILES string of the molecule is CCOC1CC(NC2CC(C)CC(C)C2)C1(C)C. The monoisotopic (exact) mass is 253 g/mol. The van der Waals surface area contributed by atoms with Gasteiger partial charge in [-0.3, -0.25) is 0 Å². The molecule has 2 nitrogen and oxygen atoms in total. The molecule has 4 atom stereocenters. The molecule has 0 heterocycles. The van der Waals surface area contributed by atoms with E-state index in [9.17, 15) is 0 Å². The third kappa shape index (κ3) is 2.91. The normalized spacial score (nSPS) is 43.5. The van der Waals surface area contributed by atoms with Gasteiger partial charge in [0.05, 0.1) is 6.10 Å². The third-order valence-electron chi connectivity index (χ3n) is 5.16. The van der Waals surface area contributed by atoms with Gasteiger partial charge in [-0.15, -0.1) is 0 Å². The fraction of sp³-hybridized carbons (Fsp3) is 1.00. The van der Waals surface area contributed by atoms with Crippen LogP contribution in [0.2, 0.25) is 0 Å². The molecular formula is C16H31NO. The molecule has 0 aromatic heterocycles. The van der Waals surface area contributed by atoms with Crippen molar-refractivity contribution < 1.29 is 4.74 Å². The molecular weight excluding hydrogens is 222 g/mol. The van der Waals surface area contributed by atoms with E-state index in [-0.39, 0.29) is 0 Å². The second-order valence-corrected chi connectivity index (χ2v) is 7.33. The highest BCUT2D eigenvalue weighted by atomic mass is 16.5. The van der Waals surface area contributed by atoms with E-state index in [2.05, 4.69) is 39.9 Å². The van der Waals surface area contributed by atoms with Crippen LogP contribution in [0.15, 0.2) is 0 Å². The summed E-state index contributed by atoms with van der Waals surface area (Å²) in [4.78, 5) is 0. The van der Waals surface area contributed by atoms with E-state index in [0.29, 0.717) is 17.6 Å². The van der Waals surface area contributed by atoms with E-state index in [0.717, 1.165) is 24.5 Å². The minimum Gasteiger partial charge on any atom is -0.378 e. The maximum Gasteiger partial charge on any atom is 0.0655 e. The molecule has 2 rings (SSSR count). The molecule has 4 unspecified atom stereocenters. The zero-order chi connectivity index (χ0) is 13.3. The maximum atomic E-state index is 5.81. The predicted molar refractivity (Wildman–Crippen MR) is 76.7 cm³/mol. The number of ether oxygens (including phenoxy) is 1. The van der Waals surface area contributed by atoms with Gasteiger partial charge < -0.3 is 10.1 Å². The van der Waals surface area contributed by atoms with Gasteiger partial charge in [0.1, 0.15) is 0 Å². The van der Waals surface area contributed by atoms with Crippen LogP contribution in [0.25, 0.3) is 0 Å². The topological polar surface area (TPSA) is 21.3 Å². The predicted octanol–water partition coefficient (Wildman–Crippen LogP) is 3.60. The molecule has 2 saturated carbocycles. The number of hydrogen-bond acceptors (Lipinski definition) is 2. The maximum absolute atomic E-state index is 5.81. The van der Waals surface area contributed by atoms with Crippen molar-refractivity contribution in [2.45, 2.75) is 78.5 Å². The molecule has 2 fully saturated rings. The van der Waals surface area contributed by atoms with Crippen molar-refractivity contribution in [1.82, 2.24) is 5.32 Å². The van der Waals surface area contributed by atoms with Gasteiger partial charge in [-0.1, -0.05) is 27.7 Å². The Hall–Kier alpha value is -0.0800. The van der Waals surface area contributed by atoms with Crippen molar-refractivity contribution in [2.75, 3.05) is 6.61 Å². The Morgan fingerprint density at radius 1 is 1.06 bits per heavy atom. The van der Waals surface area contributed by atoms with Crippen molar-refractivity contribution in [1.29, 1.82) is 0 Å². The summed E-state index contributed by atoms with van der Waals surface area (Å²) in [5.74, 6) is 1.77. The molecule has 1 N–H and O–H groups in total. The minimum atomic E-state index is 0.305. The lowest BCUT2D eigenvalue weighted by atomic mass is 9.64. The Morgan fingerprint density at radius 2 is 1.67 bits per heavy atom. The lowest BCUT2D eigenvalue weighted by Gasteiger charge is -2.53. The fourth-order valence-corrected chi connectivity index (χ4v) is 4.02. The van der Waals surface area contributed by atoms with Gasteiger partial charge in [-0.25, -0.2) is 0 Å². The van der Waals surface area contributed by atoms with Crippen LogP contribution in [0.3, 0.4) is 0 Å². The van der Waals surface area contributed by atoms with Gasteiger partial charge in [0, 0.05) is 24.1 Å². The molecule has 106 valence electrons. The first-order valence-electron chi connectivity index (χ1n) is 7.81. The van der Waals surface area contributed by atoms with Crippen molar-refractivity contribution >= 4 is 0 Å². The van der Waals surface area contributed by atoms with E-state index in [1.807, 2.05) is 0 Å². The van der Waals surface area contributed by atoms with E-state index >= 15 is 0 Å². The Morgan fingerprint density at radius 3 is 2.17 bits per heavy atom. The van der Waals surface area contributed by atoms with Crippen LogP contribution in [0.1, 0.15) is 60.3 Å². The van der Waals surface area contributed by atoms with Crippen LogP contribution in [0, 0.1) is 17.3 Å². The second-order valence-electron chi connectivity index (χ2n) is 7.33. The first-order valence-corrected chi connectivity index (χ1v) is 7.81. The highest BCUT2D eigenvalue weighted by molar-refractivity contribution is 5.04. The average molecular weight is 253 g/mol. The Kier molecular flexibility index (Phi) is 4.38. The van der Waals surface area contributed by atoms with Crippen LogP contribution in [0.4, 0.5) is 0 Å². The first kappa shape index (κ1) is 14.3. The fourth-order valence-electron chi connectivity index (χ4n) is 4.02. The Labute approximate surface area is 113 Å². The summed E-state index contributed by atoms with van der Waals surface area (Å²) in [6.45, 7) is 12.5. The van der Waals surface area contributed by atoms with Crippen molar-refractivity contribution in [2.24, 2.45) is 17.3 Å². The zero-order valence-electron chi connectivity index (χ0n) is 12.8. The molecule has 0 saturated heterocycles.